The molecular weight excluding hydrogens is 264 g/mol. The minimum absolute atomic E-state index is 0.251. The molecule has 3 unspecified atom stereocenters. The fourth-order valence-corrected chi connectivity index (χ4v) is 4.31. The molecule has 3 atom stereocenters. The minimum Gasteiger partial charge on any atom is -0.329 e. The molecule has 0 bridgehead atoms. The van der Waals surface area contributed by atoms with E-state index in [1.165, 1.54) is 44.3 Å². The third kappa shape index (κ3) is 4.64. The standard InChI is InChI=1S/C17H36N2S/c1-14(2)16-7-6-10-17(13-18,11-8-16)19(4)15(3)9-12-20-5/h14-16H,6-13,18H2,1-5H3. The molecule has 20 heavy (non-hydrogen) atoms. The molecule has 0 heterocycles. The lowest BCUT2D eigenvalue weighted by Crippen LogP contribution is -2.55. The van der Waals surface area contributed by atoms with Crippen LogP contribution >= 0.6 is 11.8 Å². The van der Waals surface area contributed by atoms with E-state index in [-0.39, 0.29) is 5.54 Å². The van der Waals surface area contributed by atoms with Crippen LogP contribution in [0.25, 0.3) is 0 Å². The Bertz CT molecular complexity index is 270. The van der Waals surface area contributed by atoms with Gasteiger partial charge in [-0.15, -0.1) is 0 Å². The van der Waals surface area contributed by atoms with Gasteiger partial charge in [-0.2, -0.15) is 11.8 Å². The number of thioether (sulfide) groups is 1. The fourth-order valence-electron chi connectivity index (χ4n) is 3.73. The highest BCUT2D eigenvalue weighted by Gasteiger charge is 2.37. The number of hydrogen-bond acceptors (Lipinski definition) is 3. The van der Waals surface area contributed by atoms with Gasteiger partial charge in [0.1, 0.15) is 0 Å². The maximum absolute atomic E-state index is 6.25. The highest BCUT2D eigenvalue weighted by molar-refractivity contribution is 7.98. The van der Waals surface area contributed by atoms with Crippen molar-refractivity contribution in [1.82, 2.24) is 4.90 Å². The van der Waals surface area contributed by atoms with Crippen molar-refractivity contribution in [1.29, 1.82) is 0 Å². The van der Waals surface area contributed by atoms with Crippen molar-refractivity contribution in [3.8, 4) is 0 Å². The Hall–Kier alpha value is 0.270. The Morgan fingerprint density at radius 2 is 1.95 bits per heavy atom. The highest BCUT2D eigenvalue weighted by atomic mass is 32.2. The van der Waals surface area contributed by atoms with Crippen LogP contribution in [0.4, 0.5) is 0 Å². The molecular formula is C17H36N2S. The van der Waals surface area contributed by atoms with E-state index >= 15 is 0 Å². The van der Waals surface area contributed by atoms with Gasteiger partial charge in [-0.1, -0.05) is 26.7 Å². The largest absolute Gasteiger partial charge is 0.329 e. The first-order valence-electron chi connectivity index (χ1n) is 8.38. The van der Waals surface area contributed by atoms with Crippen LogP contribution in [-0.2, 0) is 0 Å². The summed E-state index contributed by atoms with van der Waals surface area (Å²) in [6.07, 6.45) is 10.1. The molecule has 0 aliphatic heterocycles. The summed E-state index contributed by atoms with van der Waals surface area (Å²) in [6, 6.07) is 0.640. The van der Waals surface area contributed by atoms with Gasteiger partial charge in [-0.25, -0.2) is 0 Å². The van der Waals surface area contributed by atoms with Crippen molar-refractivity contribution in [2.75, 3.05) is 25.6 Å². The average Bonchev–Trinajstić information content (AvgIpc) is 2.67. The molecule has 3 heteroatoms. The Morgan fingerprint density at radius 1 is 1.25 bits per heavy atom. The number of likely N-dealkylation sites (N-methyl/N-ethyl adjacent to an activating group) is 1. The van der Waals surface area contributed by atoms with E-state index in [9.17, 15) is 0 Å². The van der Waals surface area contributed by atoms with E-state index < -0.39 is 0 Å². The summed E-state index contributed by atoms with van der Waals surface area (Å²) < 4.78 is 0. The lowest BCUT2D eigenvalue weighted by molar-refractivity contribution is 0.0667. The fraction of sp³-hybridized carbons (Fsp3) is 1.00. The van der Waals surface area contributed by atoms with Gasteiger partial charge in [0.15, 0.2) is 0 Å². The van der Waals surface area contributed by atoms with Crippen LogP contribution in [-0.4, -0.2) is 42.1 Å². The van der Waals surface area contributed by atoms with Crippen molar-refractivity contribution in [2.24, 2.45) is 17.6 Å². The van der Waals surface area contributed by atoms with Crippen LogP contribution < -0.4 is 5.73 Å². The van der Waals surface area contributed by atoms with Crippen LogP contribution in [0.2, 0.25) is 0 Å². The first-order valence-corrected chi connectivity index (χ1v) is 9.78. The summed E-state index contributed by atoms with van der Waals surface area (Å²) in [4.78, 5) is 2.62. The predicted octanol–water partition coefficient (Wildman–Crippen LogP) is 3.99. The van der Waals surface area contributed by atoms with Gasteiger partial charge in [0.2, 0.25) is 0 Å². The molecule has 1 aliphatic rings. The molecule has 120 valence electrons. The maximum Gasteiger partial charge on any atom is 0.0331 e. The molecule has 1 rings (SSSR count). The van der Waals surface area contributed by atoms with Gasteiger partial charge >= 0.3 is 0 Å². The third-order valence-electron chi connectivity index (χ3n) is 5.67. The van der Waals surface area contributed by atoms with Crippen molar-refractivity contribution in [3.05, 3.63) is 0 Å². The van der Waals surface area contributed by atoms with Gasteiger partial charge in [-0.05, 0) is 63.5 Å². The quantitative estimate of drug-likeness (QED) is 0.721. The van der Waals surface area contributed by atoms with E-state index in [1.54, 1.807) is 0 Å². The monoisotopic (exact) mass is 300 g/mol. The topological polar surface area (TPSA) is 29.3 Å². The lowest BCUT2D eigenvalue weighted by atomic mass is 9.85. The van der Waals surface area contributed by atoms with Gasteiger partial charge < -0.3 is 5.73 Å². The van der Waals surface area contributed by atoms with Crippen molar-refractivity contribution >= 4 is 11.8 Å². The normalized spacial score (nSPS) is 29.7. The number of nitrogens with two attached hydrogens (primary N) is 1. The molecule has 0 spiro atoms. The number of rotatable bonds is 7. The molecule has 0 aromatic rings. The van der Waals surface area contributed by atoms with E-state index in [0.717, 1.165) is 18.4 Å². The van der Waals surface area contributed by atoms with Gasteiger partial charge in [0.25, 0.3) is 0 Å². The summed E-state index contributed by atoms with van der Waals surface area (Å²) in [5.41, 5.74) is 6.50. The summed E-state index contributed by atoms with van der Waals surface area (Å²) >= 11 is 1.95. The van der Waals surface area contributed by atoms with E-state index in [4.69, 9.17) is 5.73 Å². The molecule has 2 N–H and O–H groups in total. The van der Waals surface area contributed by atoms with Gasteiger partial charge in [-0.3, -0.25) is 4.90 Å². The van der Waals surface area contributed by atoms with E-state index in [2.05, 4.69) is 39.0 Å². The summed E-state index contributed by atoms with van der Waals surface area (Å²) in [5, 5.41) is 0. The van der Waals surface area contributed by atoms with Crippen LogP contribution in [0.3, 0.4) is 0 Å². The highest BCUT2D eigenvalue weighted by Crippen LogP contribution is 2.37. The first-order chi connectivity index (χ1) is 9.46. The minimum atomic E-state index is 0.251. The second-order valence-corrected chi connectivity index (χ2v) is 8.09. The van der Waals surface area contributed by atoms with Crippen LogP contribution in [0.5, 0.6) is 0 Å². The Morgan fingerprint density at radius 3 is 2.50 bits per heavy atom. The van der Waals surface area contributed by atoms with Gasteiger partial charge in [0, 0.05) is 18.1 Å². The Kier molecular flexibility index (Phi) is 7.92. The van der Waals surface area contributed by atoms with Crippen molar-refractivity contribution < 1.29 is 0 Å². The predicted molar refractivity (Wildman–Crippen MR) is 93.4 cm³/mol. The molecule has 2 nitrogen and oxygen atoms in total. The zero-order valence-corrected chi connectivity index (χ0v) is 15.1. The maximum atomic E-state index is 6.25. The molecule has 1 aliphatic carbocycles. The third-order valence-corrected chi connectivity index (χ3v) is 6.31. The Labute approximate surface area is 131 Å². The van der Waals surface area contributed by atoms with Crippen LogP contribution in [0, 0.1) is 11.8 Å². The second-order valence-electron chi connectivity index (χ2n) is 7.10. The molecule has 0 aromatic heterocycles. The number of nitrogens with zero attached hydrogens (tertiary/aromatic N) is 1. The smallest absolute Gasteiger partial charge is 0.0331 e. The van der Waals surface area contributed by atoms with Crippen LogP contribution in [0.1, 0.15) is 59.3 Å². The van der Waals surface area contributed by atoms with Gasteiger partial charge in [0.05, 0.1) is 0 Å². The lowest BCUT2D eigenvalue weighted by Gasteiger charge is -2.44. The summed E-state index contributed by atoms with van der Waals surface area (Å²) in [7, 11) is 2.31. The zero-order valence-electron chi connectivity index (χ0n) is 14.3. The summed E-state index contributed by atoms with van der Waals surface area (Å²) in [6.45, 7) is 7.95. The molecule has 0 radical (unpaired) electrons. The van der Waals surface area contributed by atoms with Crippen LogP contribution in [0.15, 0.2) is 0 Å². The van der Waals surface area contributed by atoms with Crippen molar-refractivity contribution in [3.63, 3.8) is 0 Å². The molecule has 0 saturated heterocycles. The number of hydrogen-bond donors (Lipinski definition) is 1. The molecule has 1 fully saturated rings. The Balaban J connectivity index is 2.70. The summed E-state index contributed by atoms with van der Waals surface area (Å²) in [5.74, 6) is 2.97. The average molecular weight is 301 g/mol. The van der Waals surface area contributed by atoms with E-state index in [0.29, 0.717) is 6.04 Å². The molecule has 0 aromatic carbocycles. The second kappa shape index (κ2) is 8.65. The molecule has 0 amide bonds. The van der Waals surface area contributed by atoms with Crippen molar-refractivity contribution in [2.45, 2.75) is 70.9 Å². The first kappa shape index (κ1) is 18.3. The zero-order chi connectivity index (χ0) is 15.2. The molecule has 1 saturated carbocycles. The SMILES string of the molecule is CSCCC(C)N(C)C1(CN)CCCC(C(C)C)CC1. The van der Waals surface area contributed by atoms with E-state index in [1.807, 2.05) is 11.8 Å².